The molecule has 9 nitrogen and oxygen atoms in total. The number of nitrogens with one attached hydrogen (secondary N) is 1. The van der Waals surface area contributed by atoms with Crippen molar-refractivity contribution >= 4 is 14.0 Å². The summed E-state index contributed by atoms with van der Waals surface area (Å²) in [7, 11) is 1.70. The Hall–Kier alpha value is -2.25. The van der Waals surface area contributed by atoms with Gasteiger partial charge in [-0.15, -0.1) is 5.10 Å². The van der Waals surface area contributed by atoms with E-state index in [0.29, 0.717) is 22.8 Å². The average molecular weight is 317 g/mol. The van der Waals surface area contributed by atoms with Gasteiger partial charge in [-0.1, -0.05) is 0 Å². The first-order valence-corrected chi connectivity index (χ1v) is 7.02. The van der Waals surface area contributed by atoms with Crippen molar-refractivity contribution in [1.82, 2.24) is 5.43 Å². The number of rotatable bonds is 7. The summed E-state index contributed by atoms with van der Waals surface area (Å²) in [6.45, 7) is 0. The number of methoxy groups -OCH3 is 3. The van der Waals surface area contributed by atoms with Crippen molar-refractivity contribution in [3.63, 3.8) is 0 Å². The molecule has 0 aromatic heterocycles. The highest BCUT2D eigenvalue weighted by Gasteiger charge is 2.33. The van der Waals surface area contributed by atoms with Gasteiger partial charge in [0.2, 0.25) is 11.7 Å². The number of hydrazone groups is 1. The van der Waals surface area contributed by atoms with Crippen LogP contribution in [0.2, 0.25) is 0 Å². The maximum atomic E-state index is 11.5. The van der Waals surface area contributed by atoms with E-state index < -0.39 is 13.8 Å². The van der Waals surface area contributed by atoms with Crippen molar-refractivity contribution < 1.29 is 23.7 Å². The lowest BCUT2D eigenvalue weighted by Gasteiger charge is -2.14. The van der Waals surface area contributed by atoms with Crippen LogP contribution in [0.1, 0.15) is 11.3 Å². The van der Waals surface area contributed by atoms with Crippen molar-refractivity contribution in [2.75, 3.05) is 21.3 Å². The largest absolute Gasteiger partial charge is 0.537 e. The van der Waals surface area contributed by atoms with Gasteiger partial charge in [0.15, 0.2) is 11.5 Å². The second-order valence-electron chi connectivity index (χ2n) is 3.83. The third-order valence-corrected chi connectivity index (χ3v) is 3.39. The molecule has 2 atom stereocenters. The number of nitrogens with two attached hydrogens (primary N) is 2. The van der Waals surface area contributed by atoms with Gasteiger partial charge < -0.3 is 25.7 Å². The number of nitrogens with zero attached hydrogens (tertiary/aromatic N) is 1. The molecule has 21 heavy (non-hydrogen) atoms. The highest BCUT2D eigenvalue weighted by Crippen LogP contribution is 2.44. The Morgan fingerprint density at radius 1 is 1.24 bits per heavy atom. The molecule has 10 heteroatoms. The van der Waals surface area contributed by atoms with Gasteiger partial charge in [-0.05, 0) is 16.7 Å². The second kappa shape index (κ2) is 7.51. The molecule has 1 rings (SSSR count). The van der Waals surface area contributed by atoms with Gasteiger partial charge in [-0.3, -0.25) is 5.43 Å². The van der Waals surface area contributed by atoms with E-state index in [1.54, 1.807) is 0 Å². The third-order valence-electron chi connectivity index (χ3n) is 2.54. The number of hydrogen-bond acceptors (Lipinski definition) is 6. The minimum absolute atomic E-state index is 0.260. The van der Waals surface area contributed by atoms with Crippen molar-refractivity contribution in [2.24, 2.45) is 16.6 Å². The van der Waals surface area contributed by atoms with Crippen molar-refractivity contribution in [3.8, 4) is 17.2 Å². The van der Waals surface area contributed by atoms with E-state index in [0.717, 1.165) is 0 Å². The zero-order valence-corrected chi connectivity index (χ0v) is 12.8. The fraction of sp³-hybridized carbons (Fsp3) is 0.364. The molecule has 1 aromatic carbocycles. The van der Waals surface area contributed by atoms with Crippen LogP contribution in [-0.2, 0) is 4.57 Å². The van der Waals surface area contributed by atoms with Crippen LogP contribution < -0.4 is 31.1 Å². The van der Waals surface area contributed by atoms with E-state index in [9.17, 15) is 9.46 Å². The SMILES string of the molecule is COc1cc([C@@H](NN=C(N)N)[P+](=O)O)cc(OC)c1OC. The summed E-state index contributed by atoms with van der Waals surface area (Å²) in [5, 5.41) is 3.54. The van der Waals surface area contributed by atoms with Crippen molar-refractivity contribution in [3.05, 3.63) is 17.7 Å². The van der Waals surface area contributed by atoms with Crippen LogP contribution in [0.5, 0.6) is 17.2 Å². The molecular formula is C11H18N4O5P+. The van der Waals surface area contributed by atoms with Gasteiger partial charge in [0.25, 0.3) is 5.78 Å². The normalized spacial score (nSPS) is 12.1. The summed E-state index contributed by atoms with van der Waals surface area (Å²) in [4.78, 5) is 9.42. The summed E-state index contributed by atoms with van der Waals surface area (Å²) < 4.78 is 27.0. The smallest absolute Gasteiger partial charge is 0.493 e. The number of hydrogen-bond donors (Lipinski definition) is 4. The van der Waals surface area contributed by atoms with Crippen molar-refractivity contribution in [2.45, 2.75) is 5.78 Å². The molecule has 0 aliphatic rings. The highest BCUT2D eigenvalue weighted by atomic mass is 31.1. The van der Waals surface area contributed by atoms with Crippen LogP contribution in [0.25, 0.3) is 0 Å². The summed E-state index contributed by atoms with van der Waals surface area (Å²) in [5.41, 5.74) is 13.2. The number of ether oxygens (including phenoxy) is 3. The second-order valence-corrected chi connectivity index (χ2v) is 4.95. The molecule has 1 unspecified atom stereocenters. The maximum absolute atomic E-state index is 11.5. The summed E-state index contributed by atoms with van der Waals surface area (Å²) >= 11 is 0. The molecule has 0 saturated heterocycles. The monoisotopic (exact) mass is 317 g/mol. The molecule has 0 heterocycles. The molecule has 0 fully saturated rings. The quantitative estimate of drug-likeness (QED) is 0.242. The standard InChI is InChI=1S/C11H17N4O5P/c1-18-7-4-6(5-8(19-2)9(7)20-3)10(21(16)17)14-15-11(12)13/h4-5,10,14H,1-3H3,(H4-,12,13,15,16,17)/p+1/t10-/m0/s1. The van der Waals surface area contributed by atoms with Crippen LogP contribution >= 0.6 is 8.03 Å². The van der Waals surface area contributed by atoms with Crippen LogP contribution in [0.3, 0.4) is 0 Å². The fourth-order valence-electron chi connectivity index (χ4n) is 1.65. The Morgan fingerprint density at radius 3 is 2.10 bits per heavy atom. The first-order valence-electron chi connectivity index (χ1n) is 5.73. The van der Waals surface area contributed by atoms with E-state index in [4.69, 9.17) is 25.7 Å². The van der Waals surface area contributed by atoms with E-state index in [1.165, 1.54) is 33.5 Å². The van der Waals surface area contributed by atoms with Crippen LogP contribution in [-0.4, -0.2) is 32.2 Å². The minimum atomic E-state index is -2.65. The van der Waals surface area contributed by atoms with Gasteiger partial charge in [-0.25, -0.2) is 0 Å². The average Bonchev–Trinajstić information content (AvgIpc) is 2.45. The van der Waals surface area contributed by atoms with Gasteiger partial charge in [0, 0.05) is 5.56 Å². The van der Waals surface area contributed by atoms with Gasteiger partial charge in [0.1, 0.15) is 0 Å². The van der Waals surface area contributed by atoms with Crippen LogP contribution in [0.4, 0.5) is 0 Å². The van der Waals surface area contributed by atoms with E-state index in [-0.39, 0.29) is 5.96 Å². The lowest BCUT2D eigenvalue weighted by atomic mass is 10.2. The molecule has 0 spiro atoms. The molecule has 0 aliphatic heterocycles. The lowest BCUT2D eigenvalue weighted by molar-refractivity contribution is 0.323. The van der Waals surface area contributed by atoms with Gasteiger partial charge in [-0.2, -0.15) is 4.89 Å². The molecule has 0 radical (unpaired) electrons. The number of benzene rings is 1. The summed E-state index contributed by atoms with van der Waals surface area (Å²) in [6.07, 6.45) is 0. The molecule has 0 bridgehead atoms. The number of guanidine groups is 1. The van der Waals surface area contributed by atoms with E-state index in [1.807, 2.05) is 0 Å². The maximum Gasteiger partial charge on any atom is 0.537 e. The predicted molar refractivity (Wildman–Crippen MR) is 77.6 cm³/mol. The van der Waals surface area contributed by atoms with Crippen LogP contribution in [0.15, 0.2) is 17.2 Å². The first-order chi connectivity index (χ1) is 9.94. The molecule has 0 aliphatic carbocycles. The first kappa shape index (κ1) is 16.8. The van der Waals surface area contributed by atoms with Crippen LogP contribution in [0, 0.1) is 0 Å². The minimum Gasteiger partial charge on any atom is -0.493 e. The van der Waals surface area contributed by atoms with Gasteiger partial charge >= 0.3 is 8.03 Å². The van der Waals surface area contributed by atoms with E-state index in [2.05, 4.69) is 10.5 Å². The van der Waals surface area contributed by atoms with E-state index >= 15 is 0 Å². The molecular weight excluding hydrogens is 299 g/mol. The Kier molecular flexibility index (Phi) is 6.01. The highest BCUT2D eigenvalue weighted by molar-refractivity contribution is 7.38. The molecule has 0 amide bonds. The Morgan fingerprint density at radius 2 is 1.76 bits per heavy atom. The Labute approximate surface area is 122 Å². The fourth-order valence-corrected chi connectivity index (χ4v) is 2.21. The van der Waals surface area contributed by atoms with Crippen molar-refractivity contribution in [1.29, 1.82) is 0 Å². The third kappa shape index (κ3) is 4.11. The van der Waals surface area contributed by atoms with Gasteiger partial charge in [0.05, 0.1) is 21.3 Å². The molecule has 6 N–H and O–H groups in total. The molecule has 0 saturated carbocycles. The lowest BCUT2D eigenvalue weighted by Crippen LogP contribution is -2.27. The summed E-state index contributed by atoms with van der Waals surface area (Å²) in [5.74, 6) is -0.224. The summed E-state index contributed by atoms with van der Waals surface area (Å²) in [6, 6.07) is 3.06. The molecule has 116 valence electrons. The molecule has 1 aromatic rings. The topological polar surface area (TPSA) is 141 Å². The Bertz CT molecular complexity index is 522. The predicted octanol–water partition coefficient (Wildman–Crippen LogP) is 0.224. The zero-order valence-electron chi connectivity index (χ0n) is 11.9. The Balaban J connectivity index is 3.31. The zero-order chi connectivity index (χ0) is 16.0.